The zero-order chi connectivity index (χ0) is 19.6. The lowest BCUT2D eigenvalue weighted by Crippen LogP contribution is -2.37. The van der Waals surface area contributed by atoms with Crippen molar-refractivity contribution in [2.24, 2.45) is 12.0 Å². The van der Waals surface area contributed by atoms with E-state index in [9.17, 15) is 4.79 Å². The number of hydrogen-bond acceptors (Lipinski definition) is 5. The molecule has 0 unspecified atom stereocenters. The van der Waals surface area contributed by atoms with Crippen LogP contribution in [0.4, 0.5) is 0 Å². The molecule has 0 aliphatic carbocycles. The minimum atomic E-state index is -0.0662. The molecule has 0 spiro atoms. The average molecular weight is 500 g/mol. The van der Waals surface area contributed by atoms with Crippen LogP contribution in [0.1, 0.15) is 21.7 Å². The van der Waals surface area contributed by atoms with Crippen LogP contribution >= 0.6 is 24.0 Å². The molecule has 10 heteroatoms. The van der Waals surface area contributed by atoms with Crippen molar-refractivity contribution >= 4 is 35.8 Å². The number of carbonyl (C=O) groups is 1. The summed E-state index contributed by atoms with van der Waals surface area (Å²) >= 11 is 0. The smallest absolute Gasteiger partial charge is 0.251 e. The van der Waals surface area contributed by atoms with Gasteiger partial charge in [-0.15, -0.1) is 24.0 Å². The highest BCUT2D eigenvalue weighted by molar-refractivity contribution is 14.0. The molecule has 28 heavy (non-hydrogen) atoms. The molecule has 0 aliphatic rings. The van der Waals surface area contributed by atoms with Crippen LogP contribution in [0.25, 0.3) is 0 Å². The van der Waals surface area contributed by atoms with E-state index in [4.69, 9.17) is 0 Å². The summed E-state index contributed by atoms with van der Waals surface area (Å²) in [4.78, 5) is 22.6. The van der Waals surface area contributed by atoms with E-state index in [0.717, 1.165) is 17.9 Å². The van der Waals surface area contributed by atoms with Crippen molar-refractivity contribution in [3.63, 3.8) is 0 Å². The van der Waals surface area contributed by atoms with E-state index in [1.54, 1.807) is 11.7 Å². The number of aromatic nitrogens is 3. The van der Waals surface area contributed by atoms with E-state index in [2.05, 4.69) is 31.0 Å². The summed E-state index contributed by atoms with van der Waals surface area (Å²) in [5.41, 5.74) is 1.65. The number of aryl methyl sites for hydroxylation is 1. The molecule has 1 amide bonds. The number of hydrogen-bond donors (Lipinski definition) is 3. The molecule has 0 saturated heterocycles. The number of carbonyl (C=O) groups excluding carboxylic acids is 1. The zero-order valence-electron chi connectivity index (χ0n) is 16.8. The summed E-state index contributed by atoms with van der Waals surface area (Å²) in [6.07, 6.45) is 1.52. The van der Waals surface area contributed by atoms with Crippen molar-refractivity contribution < 1.29 is 4.79 Å². The van der Waals surface area contributed by atoms with Crippen LogP contribution in [-0.4, -0.2) is 65.8 Å². The molecule has 0 saturated carbocycles. The number of nitrogens with one attached hydrogen (secondary N) is 3. The number of nitrogens with zero attached hydrogens (tertiary/aromatic N) is 5. The third kappa shape index (κ3) is 7.80. The van der Waals surface area contributed by atoms with Crippen molar-refractivity contribution in [3.8, 4) is 0 Å². The lowest BCUT2D eigenvalue weighted by atomic mass is 10.1. The molecule has 3 N–H and O–H groups in total. The van der Waals surface area contributed by atoms with Crippen LogP contribution in [0.5, 0.6) is 0 Å². The van der Waals surface area contributed by atoms with Crippen molar-refractivity contribution in [3.05, 3.63) is 47.5 Å². The molecule has 9 nitrogen and oxygen atoms in total. The van der Waals surface area contributed by atoms with Gasteiger partial charge in [0.25, 0.3) is 5.91 Å². The second kappa shape index (κ2) is 12.3. The number of rotatable bonds is 8. The van der Waals surface area contributed by atoms with Crippen LogP contribution in [0.2, 0.25) is 0 Å². The maximum absolute atomic E-state index is 12.2. The van der Waals surface area contributed by atoms with Gasteiger partial charge in [-0.1, -0.05) is 12.1 Å². The van der Waals surface area contributed by atoms with Gasteiger partial charge in [-0.3, -0.25) is 14.5 Å². The Labute approximate surface area is 183 Å². The number of guanidine groups is 1. The highest BCUT2D eigenvalue weighted by Crippen LogP contribution is 2.05. The molecule has 0 aliphatic heterocycles. The van der Waals surface area contributed by atoms with Gasteiger partial charge in [-0.25, -0.2) is 4.98 Å². The molecule has 0 atom stereocenters. The minimum Gasteiger partial charge on any atom is -0.352 e. The monoisotopic (exact) mass is 500 g/mol. The van der Waals surface area contributed by atoms with Crippen molar-refractivity contribution in [2.75, 3.05) is 34.2 Å². The molecule has 2 aromatic rings. The summed E-state index contributed by atoms with van der Waals surface area (Å²) in [5, 5.41) is 13.4. The van der Waals surface area contributed by atoms with Gasteiger partial charge in [-0.2, -0.15) is 5.10 Å². The molecule has 1 aromatic heterocycles. The summed E-state index contributed by atoms with van der Waals surface area (Å²) in [6, 6.07) is 7.55. The standard InChI is InChI=1S/C18H28N8O.HI/c1-19-18(22-12-16-23-13-24-26(16)4)21-11-14-6-5-7-15(10-14)17(27)20-8-9-25(2)3;/h5-7,10,13H,8-9,11-12H2,1-4H3,(H,20,27)(H2,19,21,22);1H. The van der Waals surface area contributed by atoms with Gasteiger partial charge >= 0.3 is 0 Å². The Morgan fingerprint density at radius 1 is 1.21 bits per heavy atom. The Morgan fingerprint density at radius 2 is 1.96 bits per heavy atom. The summed E-state index contributed by atoms with van der Waals surface area (Å²) in [5.74, 6) is 1.40. The number of benzene rings is 1. The Morgan fingerprint density at radius 3 is 2.61 bits per heavy atom. The molecule has 0 fully saturated rings. The summed E-state index contributed by atoms with van der Waals surface area (Å²) in [7, 11) is 7.50. The van der Waals surface area contributed by atoms with Crippen LogP contribution in [0.15, 0.2) is 35.6 Å². The maximum atomic E-state index is 12.2. The van der Waals surface area contributed by atoms with E-state index in [-0.39, 0.29) is 29.9 Å². The Bertz CT molecular complexity index is 774. The predicted octanol–water partition coefficient (Wildman–Crippen LogP) is 0.590. The van der Waals surface area contributed by atoms with Gasteiger partial charge in [0.2, 0.25) is 0 Å². The van der Waals surface area contributed by atoms with Gasteiger partial charge in [0, 0.05) is 39.3 Å². The molecule has 2 rings (SSSR count). The molecular weight excluding hydrogens is 471 g/mol. The van der Waals surface area contributed by atoms with Crippen LogP contribution in [-0.2, 0) is 20.1 Å². The molecule has 0 bridgehead atoms. The zero-order valence-corrected chi connectivity index (χ0v) is 19.1. The number of likely N-dealkylation sites (N-methyl/N-ethyl adjacent to an activating group) is 1. The molecule has 1 aromatic carbocycles. The normalized spacial score (nSPS) is 11.1. The van der Waals surface area contributed by atoms with E-state index in [1.807, 2.05) is 50.3 Å². The van der Waals surface area contributed by atoms with Crippen LogP contribution < -0.4 is 16.0 Å². The van der Waals surface area contributed by atoms with Gasteiger partial charge in [0.05, 0.1) is 6.54 Å². The third-order valence-electron chi connectivity index (χ3n) is 3.94. The Balaban J connectivity index is 0.00000392. The second-order valence-corrected chi connectivity index (χ2v) is 6.34. The number of halogens is 1. The lowest BCUT2D eigenvalue weighted by Gasteiger charge is -2.13. The fourth-order valence-corrected chi connectivity index (χ4v) is 2.37. The first-order chi connectivity index (χ1) is 13.0. The van der Waals surface area contributed by atoms with Gasteiger partial charge in [0.1, 0.15) is 12.2 Å². The minimum absolute atomic E-state index is 0. The Kier molecular flexibility index (Phi) is 10.5. The van der Waals surface area contributed by atoms with Gasteiger partial charge in [-0.05, 0) is 31.8 Å². The van der Waals surface area contributed by atoms with Crippen molar-refractivity contribution in [1.82, 2.24) is 35.6 Å². The van der Waals surface area contributed by atoms with E-state index in [1.165, 1.54) is 6.33 Å². The fourth-order valence-electron chi connectivity index (χ4n) is 2.37. The third-order valence-corrected chi connectivity index (χ3v) is 3.94. The first kappa shape index (κ1) is 23.8. The molecular formula is C18H29IN8O. The largest absolute Gasteiger partial charge is 0.352 e. The summed E-state index contributed by atoms with van der Waals surface area (Å²) in [6.45, 7) is 2.50. The van der Waals surface area contributed by atoms with Crippen molar-refractivity contribution in [2.45, 2.75) is 13.1 Å². The van der Waals surface area contributed by atoms with E-state index in [0.29, 0.717) is 31.2 Å². The van der Waals surface area contributed by atoms with Crippen LogP contribution in [0.3, 0.4) is 0 Å². The highest BCUT2D eigenvalue weighted by Gasteiger charge is 2.07. The van der Waals surface area contributed by atoms with E-state index < -0.39 is 0 Å². The molecule has 0 radical (unpaired) electrons. The average Bonchev–Trinajstić information content (AvgIpc) is 3.06. The van der Waals surface area contributed by atoms with E-state index >= 15 is 0 Å². The lowest BCUT2D eigenvalue weighted by molar-refractivity contribution is 0.0951. The maximum Gasteiger partial charge on any atom is 0.251 e. The highest BCUT2D eigenvalue weighted by atomic mass is 127. The second-order valence-electron chi connectivity index (χ2n) is 6.34. The van der Waals surface area contributed by atoms with Crippen LogP contribution in [0, 0.1) is 0 Å². The predicted molar refractivity (Wildman–Crippen MR) is 121 cm³/mol. The first-order valence-corrected chi connectivity index (χ1v) is 8.79. The first-order valence-electron chi connectivity index (χ1n) is 8.79. The SMILES string of the molecule is CN=C(NCc1cccc(C(=O)NCCN(C)C)c1)NCc1ncnn1C.I. The molecule has 1 heterocycles. The Hall–Kier alpha value is -2.21. The number of aliphatic imine (C=N–C) groups is 1. The summed E-state index contributed by atoms with van der Waals surface area (Å²) < 4.78 is 1.71. The van der Waals surface area contributed by atoms with Crippen molar-refractivity contribution in [1.29, 1.82) is 0 Å². The fraction of sp³-hybridized carbons (Fsp3) is 0.444. The number of amides is 1. The van der Waals surface area contributed by atoms with Gasteiger partial charge in [0.15, 0.2) is 5.96 Å². The van der Waals surface area contributed by atoms with Gasteiger partial charge < -0.3 is 20.9 Å². The molecule has 154 valence electrons. The quantitative estimate of drug-likeness (QED) is 0.279. The topological polar surface area (TPSA) is 99.5 Å².